The highest BCUT2D eigenvalue weighted by atomic mass is 32.2. The van der Waals surface area contributed by atoms with Gasteiger partial charge in [-0.25, -0.2) is 17.7 Å². The van der Waals surface area contributed by atoms with Crippen molar-refractivity contribution in [3.63, 3.8) is 0 Å². The zero-order chi connectivity index (χ0) is 17.2. The van der Waals surface area contributed by atoms with Crippen molar-refractivity contribution in [1.82, 2.24) is 9.61 Å². The minimum absolute atomic E-state index is 0.0753. The number of hydrogen-bond donors (Lipinski definition) is 2. The Morgan fingerprint density at radius 3 is 2.58 bits per heavy atom. The van der Waals surface area contributed by atoms with E-state index in [9.17, 15) is 13.2 Å². The van der Waals surface area contributed by atoms with E-state index in [-0.39, 0.29) is 4.90 Å². The number of nitrogens with one attached hydrogen (secondary N) is 2. The number of hydrogen-bond acceptors (Lipinski definition) is 5. The highest BCUT2D eigenvalue weighted by Gasteiger charge is 2.14. The summed E-state index contributed by atoms with van der Waals surface area (Å²) in [7, 11) is -2.49. The van der Waals surface area contributed by atoms with E-state index in [0.29, 0.717) is 11.4 Å². The molecule has 0 spiro atoms. The highest BCUT2D eigenvalue weighted by Crippen LogP contribution is 2.19. The van der Waals surface area contributed by atoms with Gasteiger partial charge < -0.3 is 4.74 Å². The number of pyridine rings is 1. The van der Waals surface area contributed by atoms with Gasteiger partial charge in [-0.15, -0.1) is 0 Å². The maximum Gasteiger partial charge on any atom is 0.411 e. The summed E-state index contributed by atoms with van der Waals surface area (Å²) in [6.45, 7) is 0. The van der Waals surface area contributed by atoms with Gasteiger partial charge in [-0.2, -0.15) is 5.10 Å². The highest BCUT2D eigenvalue weighted by molar-refractivity contribution is 7.92. The number of fused-ring (bicyclic) bond motifs is 1. The fourth-order valence-corrected chi connectivity index (χ4v) is 3.14. The Morgan fingerprint density at radius 1 is 1.12 bits per heavy atom. The normalized spacial score (nSPS) is 11.2. The first kappa shape index (κ1) is 15.8. The number of anilines is 2. The van der Waals surface area contributed by atoms with Gasteiger partial charge in [0, 0.05) is 18.1 Å². The number of aromatic nitrogens is 2. The number of methoxy groups -OCH3 is 1. The van der Waals surface area contributed by atoms with Crippen molar-refractivity contribution in [2.75, 3.05) is 17.1 Å². The largest absolute Gasteiger partial charge is 0.453 e. The molecule has 0 radical (unpaired) electrons. The van der Waals surface area contributed by atoms with E-state index in [1.807, 2.05) is 0 Å². The number of rotatable bonds is 4. The van der Waals surface area contributed by atoms with Gasteiger partial charge in [0.2, 0.25) is 0 Å². The maximum absolute atomic E-state index is 12.4. The molecular weight excluding hydrogens is 332 g/mol. The molecule has 1 aromatic carbocycles. The first-order chi connectivity index (χ1) is 11.5. The number of benzene rings is 1. The summed E-state index contributed by atoms with van der Waals surface area (Å²) in [6.07, 6.45) is 2.66. The third-order valence-electron chi connectivity index (χ3n) is 3.25. The van der Waals surface area contributed by atoms with E-state index in [4.69, 9.17) is 0 Å². The minimum atomic E-state index is -3.74. The molecule has 8 nitrogen and oxygen atoms in total. The first-order valence-electron chi connectivity index (χ1n) is 6.89. The molecule has 0 unspecified atom stereocenters. The molecule has 3 aromatic rings. The first-order valence-corrected chi connectivity index (χ1v) is 8.37. The molecule has 0 aliphatic rings. The van der Waals surface area contributed by atoms with E-state index in [1.54, 1.807) is 35.1 Å². The standard InChI is InChI=1S/C15H14N4O4S/c1-23-15(20)17-11-2-4-14(5-3-11)24(21,22)18-12-7-9-19-13(10-12)6-8-16-19/h2-10,18H,1H3,(H,17,20). The van der Waals surface area contributed by atoms with Crippen molar-refractivity contribution in [1.29, 1.82) is 0 Å². The van der Waals surface area contributed by atoms with Crippen LogP contribution in [0.5, 0.6) is 0 Å². The molecule has 0 saturated carbocycles. The molecule has 2 N–H and O–H groups in total. The van der Waals surface area contributed by atoms with Crippen LogP contribution in [0.1, 0.15) is 0 Å². The topological polar surface area (TPSA) is 102 Å². The average Bonchev–Trinajstić information content (AvgIpc) is 3.02. The second kappa shape index (κ2) is 6.20. The number of ether oxygens (including phenoxy) is 1. The number of nitrogens with zero attached hydrogens (tertiary/aromatic N) is 2. The molecule has 1 amide bonds. The lowest BCUT2D eigenvalue weighted by Gasteiger charge is -2.09. The summed E-state index contributed by atoms with van der Waals surface area (Å²) in [6, 6.07) is 10.8. The van der Waals surface area contributed by atoms with Gasteiger partial charge in [0.05, 0.1) is 23.2 Å². The number of sulfonamides is 1. The second-order valence-electron chi connectivity index (χ2n) is 4.86. The minimum Gasteiger partial charge on any atom is -0.453 e. The zero-order valence-corrected chi connectivity index (χ0v) is 13.4. The van der Waals surface area contributed by atoms with Crippen LogP contribution in [-0.4, -0.2) is 31.2 Å². The summed E-state index contributed by atoms with van der Waals surface area (Å²) in [5.74, 6) is 0. The van der Waals surface area contributed by atoms with E-state index in [1.165, 1.54) is 31.4 Å². The molecule has 9 heteroatoms. The van der Waals surface area contributed by atoms with Gasteiger partial charge >= 0.3 is 6.09 Å². The number of amides is 1. The predicted molar refractivity (Wildman–Crippen MR) is 88.5 cm³/mol. The SMILES string of the molecule is COC(=O)Nc1ccc(S(=O)(=O)Nc2ccn3nccc3c2)cc1. The van der Waals surface area contributed by atoms with Gasteiger partial charge in [-0.1, -0.05) is 0 Å². The van der Waals surface area contributed by atoms with Crippen molar-refractivity contribution in [3.05, 3.63) is 54.9 Å². The molecule has 0 aliphatic heterocycles. The summed E-state index contributed by atoms with van der Waals surface area (Å²) >= 11 is 0. The molecule has 0 fully saturated rings. The maximum atomic E-state index is 12.4. The molecule has 0 bridgehead atoms. The third-order valence-corrected chi connectivity index (χ3v) is 4.65. The van der Waals surface area contributed by atoms with Crippen molar-refractivity contribution in [2.45, 2.75) is 4.90 Å². The average molecular weight is 346 g/mol. The lowest BCUT2D eigenvalue weighted by atomic mass is 10.3. The Kier molecular flexibility index (Phi) is 4.09. The van der Waals surface area contributed by atoms with Crippen LogP contribution in [0.25, 0.3) is 5.52 Å². The van der Waals surface area contributed by atoms with Crippen molar-refractivity contribution >= 4 is 33.0 Å². The number of carbonyl (C=O) groups is 1. The Morgan fingerprint density at radius 2 is 1.88 bits per heavy atom. The summed E-state index contributed by atoms with van der Waals surface area (Å²) < 4.78 is 33.4. The lowest BCUT2D eigenvalue weighted by molar-refractivity contribution is 0.187. The molecule has 0 atom stereocenters. The molecule has 2 aromatic heterocycles. The van der Waals surface area contributed by atoms with Gasteiger partial charge in [0.25, 0.3) is 10.0 Å². The smallest absolute Gasteiger partial charge is 0.411 e. The van der Waals surface area contributed by atoms with E-state index in [0.717, 1.165) is 5.52 Å². The van der Waals surface area contributed by atoms with Crippen LogP contribution in [0.4, 0.5) is 16.2 Å². The lowest BCUT2D eigenvalue weighted by Crippen LogP contribution is -2.14. The van der Waals surface area contributed by atoms with Gasteiger partial charge in [-0.3, -0.25) is 10.0 Å². The fraction of sp³-hybridized carbons (Fsp3) is 0.0667. The van der Waals surface area contributed by atoms with Gasteiger partial charge in [-0.05, 0) is 42.5 Å². The summed E-state index contributed by atoms with van der Waals surface area (Å²) in [5.41, 5.74) is 1.63. The fourth-order valence-electron chi connectivity index (χ4n) is 2.09. The van der Waals surface area contributed by atoms with Crippen molar-refractivity contribution in [3.8, 4) is 0 Å². The van der Waals surface area contributed by atoms with E-state index >= 15 is 0 Å². The Hall–Kier alpha value is -3.07. The summed E-state index contributed by atoms with van der Waals surface area (Å²) in [5, 5.41) is 6.50. The zero-order valence-electron chi connectivity index (χ0n) is 12.6. The quantitative estimate of drug-likeness (QED) is 0.755. The van der Waals surface area contributed by atoms with Crippen LogP contribution in [-0.2, 0) is 14.8 Å². The third kappa shape index (κ3) is 3.30. The van der Waals surface area contributed by atoms with Crippen molar-refractivity contribution in [2.24, 2.45) is 0 Å². The predicted octanol–water partition coefficient (Wildman–Crippen LogP) is 2.31. The Labute approximate surface area is 138 Å². The molecule has 24 heavy (non-hydrogen) atoms. The van der Waals surface area contributed by atoms with E-state index < -0.39 is 16.1 Å². The van der Waals surface area contributed by atoms with Crippen LogP contribution in [0.2, 0.25) is 0 Å². The van der Waals surface area contributed by atoms with Gasteiger partial charge in [0.1, 0.15) is 0 Å². The van der Waals surface area contributed by atoms with Crippen LogP contribution >= 0.6 is 0 Å². The Bertz CT molecular complexity index is 980. The van der Waals surface area contributed by atoms with E-state index in [2.05, 4.69) is 19.9 Å². The number of carbonyl (C=O) groups excluding carboxylic acids is 1. The molecule has 2 heterocycles. The molecule has 124 valence electrons. The van der Waals surface area contributed by atoms with Crippen LogP contribution in [0.3, 0.4) is 0 Å². The van der Waals surface area contributed by atoms with Crippen LogP contribution in [0, 0.1) is 0 Å². The molecule has 3 rings (SSSR count). The molecule has 0 saturated heterocycles. The van der Waals surface area contributed by atoms with Crippen LogP contribution < -0.4 is 10.0 Å². The summed E-state index contributed by atoms with van der Waals surface area (Å²) in [4.78, 5) is 11.2. The monoisotopic (exact) mass is 346 g/mol. The van der Waals surface area contributed by atoms with Crippen LogP contribution in [0.15, 0.2) is 59.8 Å². The Balaban J connectivity index is 1.80. The van der Waals surface area contributed by atoms with Crippen molar-refractivity contribution < 1.29 is 17.9 Å². The second-order valence-corrected chi connectivity index (χ2v) is 6.54. The molecular formula is C15H14N4O4S. The van der Waals surface area contributed by atoms with Gasteiger partial charge in [0.15, 0.2) is 0 Å². The molecule has 0 aliphatic carbocycles.